The Morgan fingerprint density at radius 1 is 1.00 bits per heavy atom. The summed E-state index contributed by atoms with van der Waals surface area (Å²) in [6.45, 7) is -0.278. The topological polar surface area (TPSA) is 123 Å². The number of non-ortho nitro benzene ring substituents is 1. The summed E-state index contributed by atoms with van der Waals surface area (Å²) in [6, 6.07) is 16.4. The van der Waals surface area contributed by atoms with Crippen LogP contribution in [0.4, 0.5) is 11.4 Å². The highest BCUT2D eigenvalue weighted by atomic mass is 35.5. The van der Waals surface area contributed by atoms with E-state index in [0.29, 0.717) is 27.0 Å². The number of anilines is 1. The van der Waals surface area contributed by atoms with E-state index in [1.54, 1.807) is 42.5 Å². The molecular formula is C22H16Cl2N4O5. The second kappa shape index (κ2) is 11.1. The molecule has 9 nitrogen and oxygen atoms in total. The molecule has 0 bridgehead atoms. The highest BCUT2D eigenvalue weighted by Crippen LogP contribution is 2.22. The van der Waals surface area contributed by atoms with Gasteiger partial charge in [-0.25, -0.2) is 5.43 Å². The Labute approximate surface area is 198 Å². The van der Waals surface area contributed by atoms with Crippen molar-refractivity contribution < 1.29 is 19.2 Å². The maximum absolute atomic E-state index is 12.2. The summed E-state index contributed by atoms with van der Waals surface area (Å²) in [5.74, 6) is -0.631. The zero-order valence-electron chi connectivity index (χ0n) is 16.8. The van der Waals surface area contributed by atoms with E-state index in [1.165, 1.54) is 30.5 Å². The van der Waals surface area contributed by atoms with Crippen LogP contribution in [0.25, 0.3) is 0 Å². The number of benzene rings is 3. The van der Waals surface area contributed by atoms with Crippen LogP contribution in [0.5, 0.6) is 5.75 Å². The van der Waals surface area contributed by atoms with Crippen LogP contribution in [0.15, 0.2) is 71.8 Å². The molecule has 0 aliphatic rings. The minimum Gasteiger partial charge on any atom is -0.483 e. The van der Waals surface area contributed by atoms with Crippen LogP contribution in [0.2, 0.25) is 10.0 Å². The van der Waals surface area contributed by atoms with Gasteiger partial charge in [-0.05, 0) is 54.6 Å². The Bertz CT molecular complexity index is 1200. The average Bonchev–Trinajstić information content (AvgIpc) is 2.80. The van der Waals surface area contributed by atoms with Crippen LogP contribution in [-0.2, 0) is 4.79 Å². The normalized spacial score (nSPS) is 10.6. The molecule has 3 aromatic carbocycles. The molecule has 0 aliphatic heterocycles. The first-order chi connectivity index (χ1) is 15.8. The molecule has 11 heteroatoms. The van der Waals surface area contributed by atoms with Crippen LogP contribution in [0, 0.1) is 10.1 Å². The standard InChI is InChI=1S/C22H16Cl2N4O5/c23-16-3-6-18(7-4-16)26-21(29)13-33-20-10-5-17(24)11-15(20)12-25-27-22(30)14-1-8-19(9-2-14)28(31)32/h1-12H,13H2,(H,26,29)(H,27,30)/b25-12+. The number of hydrogen-bond acceptors (Lipinski definition) is 6. The van der Waals surface area contributed by atoms with Gasteiger partial charge in [0.15, 0.2) is 6.61 Å². The number of nitrogens with one attached hydrogen (secondary N) is 2. The van der Waals surface area contributed by atoms with Crippen molar-refractivity contribution in [2.45, 2.75) is 0 Å². The van der Waals surface area contributed by atoms with Crippen molar-refractivity contribution in [3.8, 4) is 5.75 Å². The SMILES string of the molecule is O=C(COc1ccc(Cl)cc1/C=N/NC(=O)c1ccc([N+](=O)[O-])cc1)Nc1ccc(Cl)cc1. The van der Waals surface area contributed by atoms with Gasteiger partial charge in [0, 0.05) is 39.0 Å². The van der Waals surface area contributed by atoms with E-state index in [-0.39, 0.29) is 23.8 Å². The zero-order chi connectivity index (χ0) is 23.8. The van der Waals surface area contributed by atoms with Crippen molar-refractivity contribution in [3.05, 3.63) is 98.0 Å². The fourth-order valence-electron chi connectivity index (χ4n) is 2.58. The van der Waals surface area contributed by atoms with E-state index in [9.17, 15) is 19.7 Å². The summed E-state index contributed by atoms with van der Waals surface area (Å²) in [5.41, 5.74) is 3.37. The fourth-order valence-corrected chi connectivity index (χ4v) is 2.89. The molecule has 0 aromatic heterocycles. The third kappa shape index (κ3) is 7.03. The van der Waals surface area contributed by atoms with Gasteiger partial charge in [0.05, 0.1) is 11.1 Å². The minimum atomic E-state index is -0.562. The van der Waals surface area contributed by atoms with Gasteiger partial charge in [-0.3, -0.25) is 19.7 Å². The number of nitrogens with zero attached hydrogens (tertiary/aromatic N) is 2. The summed E-state index contributed by atoms with van der Waals surface area (Å²) in [7, 11) is 0. The van der Waals surface area contributed by atoms with Crippen molar-refractivity contribution >= 4 is 52.6 Å². The number of rotatable bonds is 8. The van der Waals surface area contributed by atoms with Gasteiger partial charge < -0.3 is 10.1 Å². The molecule has 0 unspecified atom stereocenters. The lowest BCUT2D eigenvalue weighted by Gasteiger charge is -2.10. The van der Waals surface area contributed by atoms with Crippen molar-refractivity contribution in [2.24, 2.45) is 5.10 Å². The molecule has 0 atom stereocenters. The monoisotopic (exact) mass is 486 g/mol. The Hall–Kier alpha value is -3.95. The molecule has 0 heterocycles. The highest BCUT2D eigenvalue weighted by Gasteiger charge is 2.10. The van der Waals surface area contributed by atoms with Crippen LogP contribution in [0.3, 0.4) is 0 Å². The first-order valence-corrected chi connectivity index (χ1v) is 10.1. The van der Waals surface area contributed by atoms with E-state index in [2.05, 4.69) is 15.8 Å². The minimum absolute atomic E-state index is 0.129. The number of amides is 2. The molecule has 0 saturated heterocycles. The maximum atomic E-state index is 12.2. The molecule has 3 rings (SSSR count). The molecule has 2 amide bonds. The van der Waals surface area contributed by atoms with Gasteiger partial charge in [0.2, 0.25) is 0 Å². The molecule has 0 aliphatic carbocycles. The number of hydrazone groups is 1. The van der Waals surface area contributed by atoms with Crippen molar-refractivity contribution in [1.82, 2.24) is 5.43 Å². The summed E-state index contributed by atoms with van der Waals surface area (Å²) in [4.78, 5) is 34.5. The lowest BCUT2D eigenvalue weighted by Crippen LogP contribution is -2.20. The summed E-state index contributed by atoms with van der Waals surface area (Å²) < 4.78 is 5.56. The zero-order valence-corrected chi connectivity index (χ0v) is 18.3. The maximum Gasteiger partial charge on any atom is 0.271 e. The van der Waals surface area contributed by atoms with Crippen molar-refractivity contribution in [3.63, 3.8) is 0 Å². The third-order valence-electron chi connectivity index (χ3n) is 4.17. The van der Waals surface area contributed by atoms with Gasteiger partial charge in [0.25, 0.3) is 17.5 Å². The molecule has 33 heavy (non-hydrogen) atoms. The number of carbonyl (C=O) groups is 2. The van der Waals surface area contributed by atoms with Crippen LogP contribution in [-0.4, -0.2) is 29.6 Å². The Balaban J connectivity index is 1.61. The first kappa shape index (κ1) is 23.7. The lowest BCUT2D eigenvalue weighted by atomic mass is 10.2. The molecule has 168 valence electrons. The molecular weight excluding hydrogens is 471 g/mol. The molecule has 0 radical (unpaired) electrons. The summed E-state index contributed by atoms with van der Waals surface area (Å²) >= 11 is 11.8. The van der Waals surface area contributed by atoms with Gasteiger partial charge in [-0.2, -0.15) is 5.10 Å². The van der Waals surface area contributed by atoms with Crippen LogP contribution < -0.4 is 15.5 Å². The lowest BCUT2D eigenvalue weighted by molar-refractivity contribution is -0.384. The van der Waals surface area contributed by atoms with E-state index in [0.717, 1.165) is 0 Å². The van der Waals surface area contributed by atoms with Gasteiger partial charge in [0.1, 0.15) is 5.75 Å². The number of hydrogen-bond donors (Lipinski definition) is 2. The fraction of sp³-hybridized carbons (Fsp3) is 0.0455. The van der Waals surface area contributed by atoms with Gasteiger partial charge >= 0.3 is 0 Å². The number of ether oxygens (including phenoxy) is 1. The quantitative estimate of drug-likeness (QED) is 0.271. The molecule has 0 fully saturated rings. The van der Waals surface area contributed by atoms with E-state index in [1.807, 2.05) is 0 Å². The van der Waals surface area contributed by atoms with Gasteiger partial charge in [-0.1, -0.05) is 23.2 Å². The molecule has 0 saturated carbocycles. The largest absolute Gasteiger partial charge is 0.483 e. The second-order valence-corrected chi connectivity index (χ2v) is 7.40. The number of halogens is 2. The average molecular weight is 487 g/mol. The number of nitro groups is 1. The van der Waals surface area contributed by atoms with Crippen LogP contribution >= 0.6 is 23.2 Å². The number of nitro benzene ring substituents is 1. The smallest absolute Gasteiger partial charge is 0.271 e. The molecule has 0 spiro atoms. The first-order valence-electron chi connectivity index (χ1n) is 9.37. The Morgan fingerprint density at radius 3 is 2.33 bits per heavy atom. The van der Waals surface area contributed by atoms with Gasteiger partial charge in [-0.15, -0.1) is 0 Å². The Kier molecular flexibility index (Phi) is 7.96. The molecule has 2 N–H and O–H groups in total. The van der Waals surface area contributed by atoms with E-state index < -0.39 is 10.8 Å². The summed E-state index contributed by atoms with van der Waals surface area (Å²) in [5, 5.41) is 18.2. The summed E-state index contributed by atoms with van der Waals surface area (Å²) in [6.07, 6.45) is 1.31. The predicted molar refractivity (Wildman–Crippen MR) is 125 cm³/mol. The van der Waals surface area contributed by atoms with E-state index in [4.69, 9.17) is 27.9 Å². The highest BCUT2D eigenvalue weighted by molar-refractivity contribution is 6.31. The van der Waals surface area contributed by atoms with E-state index >= 15 is 0 Å². The Morgan fingerprint density at radius 2 is 1.67 bits per heavy atom. The van der Waals surface area contributed by atoms with Crippen molar-refractivity contribution in [2.75, 3.05) is 11.9 Å². The third-order valence-corrected chi connectivity index (χ3v) is 4.66. The number of carbonyl (C=O) groups excluding carboxylic acids is 2. The van der Waals surface area contributed by atoms with Crippen LogP contribution in [0.1, 0.15) is 15.9 Å². The predicted octanol–water partition coefficient (Wildman–Crippen LogP) is 4.68. The van der Waals surface area contributed by atoms with Crippen molar-refractivity contribution in [1.29, 1.82) is 0 Å². The molecule has 3 aromatic rings. The second-order valence-electron chi connectivity index (χ2n) is 6.53.